The predicted molar refractivity (Wildman–Crippen MR) is 376 cm³/mol. The highest BCUT2D eigenvalue weighted by molar-refractivity contribution is 6.13. The van der Waals surface area contributed by atoms with Gasteiger partial charge in [-0.2, -0.15) is 0 Å². The van der Waals surface area contributed by atoms with Crippen molar-refractivity contribution in [2.75, 3.05) is 53.3 Å². The second-order valence-corrected chi connectivity index (χ2v) is 27.9. The molecular weight excluding hydrogens is 1290 g/mol. The van der Waals surface area contributed by atoms with Crippen molar-refractivity contribution < 1.29 is 76.9 Å². The molecule has 2 aliphatic heterocycles. The fraction of sp³-hybridized carbons (Fsp3) is 0.639. The van der Waals surface area contributed by atoms with Gasteiger partial charge in [-0.25, -0.2) is 9.59 Å². The Kier molecular flexibility index (Phi) is 34.1. The molecule has 2 aromatic rings. The molecule has 2 heterocycles. The number of carbonyl (C=O) groups is 12. The minimum absolute atomic E-state index is 0.0242. The van der Waals surface area contributed by atoms with Crippen molar-refractivity contribution in [1.29, 1.82) is 0 Å². The zero-order chi connectivity index (χ0) is 74.8. The molecule has 1 fully saturated rings. The Labute approximate surface area is 589 Å². The summed E-state index contributed by atoms with van der Waals surface area (Å²) in [5, 5.41) is 30.3. The summed E-state index contributed by atoms with van der Waals surface area (Å²) >= 11 is 0. The Balaban J connectivity index is 1.42. The third kappa shape index (κ3) is 25.0. The monoisotopic (exact) mass is 1400 g/mol. The smallest absolute Gasteiger partial charge is 0.410 e. The molecule has 13 amide bonds. The maximum absolute atomic E-state index is 14.9. The highest BCUT2D eigenvalue weighted by Gasteiger charge is 2.44. The van der Waals surface area contributed by atoms with E-state index in [0.717, 1.165) is 22.0 Å². The van der Waals surface area contributed by atoms with E-state index in [9.17, 15) is 62.6 Å². The molecule has 2 aliphatic rings. The van der Waals surface area contributed by atoms with Gasteiger partial charge in [0.1, 0.15) is 36.8 Å². The second-order valence-electron chi connectivity index (χ2n) is 27.9. The SMILES string of the molecule is CC[C@H](C)[C@@H]([C@@H](CC(=O)N1CCC[C@H]1[C@H](OC)[C@@H](C)C(=O)N[C@H](C)[C@@H](O)c1ccccc1)OC)N(C)C(=O)[C@@H](NC(=O)[C@H](C(C)C)N(C)C(=O)OCc1ccc(NC(=O)[C@H](CCCNC(N)=O)NC(=O)[C@H](CC(C)C)NC(=O)[C@@H](CC(C)C)NC(=O)CCN2C(=O)C=CC2=O)cc1)C(C)C. The number of benzene rings is 2. The maximum Gasteiger partial charge on any atom is 0.410 e. The van der Waals surface area contributed by atoms with Crippen LogP contribution in [0.3, 0.4) is 0 Å². The number of nitrogens with two attached hydrogens (primary N) is 1. The number of hydrogen-bond donors (Lipinski definition) is 9. The third-order valence-electron chi connectivity index (χ3n) is 18.4. The number of anilines is 1. The molecule has 0 bridgehead atoms. The number of carbonyl (C=O) groups excluding carboxylic acids is 12. The molecular formula is C72H112N12O16. The van der Waals surface area contributed by atoms with E-state index < -0.39 is 144 Å². The Hall–Kier alpha value is -8.50. The van der Waals surface area contributed by atoms with Crippen molar-refractivity contribution >= 4 is 76.9 Å². The topological polar surface area (TPSA) is 376 Å². The fourth-order valence-corrected chi connectivity index (χ4v) is 12.7. The second kappa shape index (κ2) is 40.7. The van der Waals surface area contributed by atoms with Gasteiger partial charge in [0.25, 0.3) is 11.8 Å². The number of nitrogens with zero attached hydrogens (tertiary/aromatic N) is 4. The number of aliphatic hydroxyl groups is 1. The van der Waals surface area contributed by atoms with Crippen LogP contribution in [-0.2, 0) is 68.8 Å². The minimum Gasteiger partial charge on any atom is -0.445 e. The summed E-state index contributed by atoms with van der Waals surface area (Å²) in [5.74, 6) is -7.30. The van der Waals surface area contributed by atoms with Gasteiger partial charge in [0.15, 0.2) is 0 Å². The number of imide groups is 1. The molecule has 10 N–H and O–H groups in total. The van der Waals surface area contributed by atoms with Crippen molar-refractivity contribution in [2.24, 2.45) is 41.2 Å². The summed E-state index contributed by atoms with van der Waals surface area (Å²) in [5.41, 5.74) is 6.74. The normalized spacial score (nSPS) is 17.4. The molecule has 28 nitrogen and oxygen atoms in total. The van der Waals surface area contributed by atoms with Crippen molar-refractivity contribution in [2.45, 2.75) is 214 Å². The van der Waals surface area contributed by atoms with Gasteiger partial charge in [-0.1, -0.05) is 125 Å². The highest BCUT2D eigenvalue weighted by Crippen LogP contribution is 2.31. The average molecular weight is 1400 g/mol. The van der Waals surface area contributed by atoms with E-state index in [2.05, 4.69) is 37.2 Å². The molecule has 2 aromatic carbocycles. The van der Waals surface area contributed by atoms with Crippen LogP contribution in [0, 0.1) is 35.5 Å². The van der Waals surface area contributed by atoms with Crippen molar-refractivity contribution in [1.82, 2.24) is 51.5 Å². The van der Waals surface area contributed by atoms with E-state index in [0.29, 0.717) is 42.6 Å². The standard InChI is InChI=1S/C72H112N12O16/c1-17-45(10)62(55(98-15)39-59(88)83-35-22-26-54(83)64(99-16)46(11)65(90)75-47(12)63(89)49-23-19-18-20-24-49)81(13)70(95)60(43(6)7)80-69(94)61(44(8)9)82(14)72(97)100-40-48-27-29-50(30-28-48)76-66(91)51(25-21-34-74-71(73)96)78-68(93)53(38-42(4)5)79-67(92)52(37-41(2)3)77-56(85)33-36-84-57(86)31-32-58(84)87/h18-20,23-24,27-32,41-47,51-55,60-64,89H,17,21-22,25-26,33-40H2,1-16H3,(H,75,90)(H,76,91)(H,77,85)(H,78,93)(H,79,92)(H,80,94)(H3,73,74,96)/t45-,46+,47+,51-,52+,53-,54-,55+,60-,61-,62-,63+,64+/m0/s1. The number of likely N-dealkylation sites (N-methyl/N-ethyl adjacent to an activating group) is 2. The van der Waals surface area contributed by atoms with Crippen molar-refractivity contribution in [3.63, 3.8) is 0 Å². The first-order valence-corrected chi connectivity index (χ1v) is 34.9. The fourth-order valence-electron chi connectivity index (χ4n) is 12.7. The Morgan fingerprint density at radius 2 is 1.28 bits per heavy atom. The van der Waals surface area contributed by atoms with E-state index in [-0.39, 0.29) is 87.8 Å². The van der Waals surface area contributed by atoms with Gasteiger partial charge >= 0.3 is 12.1 Å². The number of aliphatic hydroxyl groups excluding tert-OH is 1. The number of nitrogens with one attached hydrogen (secondary N) is 7. The number of urea groups is 1. The molecule has 0 unspecified atom stereocenters. The summed E-state index contributed by atoms with van der Waals surface area (Å²) in [7, 11) is 6.05. The first-order valence-electron chi connectivity index (χ1n) is 34.9. The third-order valence-corrected chi connectivity index (χ3v) is 18.4. The van der Waals surface area contributed by atoms with Crippen LogP contribution in [0.1, 0.15) is 158 Å². The average Bonchev–Trinajstić information content (AvgIpc) is 1.74. The van der Waals surface area contributed by atoms with Crippen LogP contribution >= 0.6 is 0 Å². The molecule has 1 saturated heterocycles. The van der Waals surface area contributed by atoms with Crippen molar-refractivity contribution in [3.05, 3.63) is 77.9 Å². The number of hydrogen-bond acceptors (Lipinski definition) is 16. The van der Waals surface area contributed by atoms with Gasteiger partial charge in [-0.05, 0) is 98.3 Å². The summed E-state index contributed by atoms with van der Waals surface area (Å²) in [6, 6.07) is 7.23. The van der Waals surface area contributed by atoms with Gasteiger partial charge in [0.05, 0.1) is 48.8 Å². The van der Waals surface area contributed by atoms with Crippen molar-refractivity contribution in [3.8, 4) is 0 Å². The van der Waals surface area contributed by atoms with E-state index in [1.165, 1.54) is 21.3 Å². The molecule has 0 saturated carbocycles. The highest BCUT2D eigenvalue weighted by atomic mass is 16.6. The molecule has 556 valence electrons. The van der Waals surface area contributed by atoms with Gasteiger partial charge in [-0.15, -0.1) is 0 Å². The Bertz CT molecular complexity index is 3090. The van der Waals surface area contributed by atoms with Crippen LogP contribution in [0.2, 0.25) is 0 Å². The molecule has 0 spiro atoms. The van der Waals surface area contributed by atoms with E-state index in [1.54, 1.807) is 94.8 Å². The lowest BCUT2D eigenvalue weighted by molar-refractivity contribution is -0.148. The number of primary amides is 1. The maximum atomic E-state index is 14.9. The first-order chi connectivity index (χ1) is 47.1. The number of amides is 13. The lowest BCUT2D eigenvalue weighted by Gasteiger charge is -2.41. The zero-order valence-electron chi connectivity index (χ0n) is 61.3. The summed E-state index contributed by atoms with van der Waals surface area (Å²) < 4.78 is 17.8. The predicted octanol–water partition coefficient (Wildman–Crippen LogP) is 4.83. The van der Waals surface area contributed by atoms with E-state index >= 15 is 0 Å². The van der Waals surface area contributed by atoms with E-state index in [1.807, 2.05) is 59.7 Å². The number of methoxy groups -OCH3 is 2. The summed E-state index contributed by atoms with van der Waals surface area (Å²) in [4.78, 5) is 167. The lowest BCUT2D eigenvalue weighted by Crippen LogP contribution is -2.60. The Morgan fingerprint density at radius 3 is 1.82 bits per heavy atom. The summed E-state index contributed by atoms with van der Waals surface area (Å²) in [6.45, 7) is 21.9. The van der Waals surface area contributed by atoms with Gasteiger partial charge < -0.3 is 72.1 Å². The zero-order valence-corrected chi connectivity index (χ0v) is 61.3. The number of rotatable bonds is 40. The van der Waals surface area contributed by atoms with Crippen LogP contribution in [-0.4, -0.2) is 204 Å². The minimum atomic E-state index is -1.20. The van der Waals surface area contributed by atoms with Crippen LogP contribution in [0.25, 0.3) is 0 Å². The van der Waals surface area contributed by atoms with Gasteiger partial charge in [-0.3, -0.25) is 57.7 Å². The lowest BCUT2D eigenvalue weighted by atomic mass is 9.89. The first kappa shape index (κ1) is 83.9. The molecule has 0 radical (unpaired) electrons. The van der Waals surface area contributed by atoms with Gasteiger partial charge in [0.2, 0.25) is 47.3 Å². The van der Waals surface area contributed by atoms with E-state index in [4.69, 9.17) is 19.9 Å². The van der Waals surface area contributed by atoms with Crippen LogP contribution < -0.4 is 43.0 Å². The summed E-state index contributed by atoms with van der Waals surface area (Å²) in [6.07, 6.45) is 1.02. The van der Waals surface area contributed by atoms with Crippen LogP contribution in [0.4, 0.5) is 15.3 Å². The quantitative estimate of drug-likeness (QED) is 0.0319. The van der Waals surface area contributed by atoms with Crippen LogP contribution in [0.15, 0.2) is 66.7 Å². The molecule has 0 aromatic heterocycles. The molecule has 4 rings (SSSR count). The largest absolute Gasteiger partial charge is 0.445 e. The van der Waals surface area contributed by atoms with Gasteiger partial charge in [0, 0.05) is 72.2 Å². The molecule has 28 heteroatoms. The molecule has 0 aliphatic carbocycles. The Morgan fingerprint density at radius 1 is 0.690 bits per heavy atom. The number of likely N-dealkylation sites (tertiary alicyclic amines) is 1. The van der Waals surface area contributed by atoms with Crippen LogP contribution in [0.5, 0.6) is 0 Å². The molecule has 13 atom stereocenters. The number of ether oxygens (including phenoxy) is 3. The molecule has 100 heavy (non-hydrogen) atoms.